The van der Waals surface area contributed by atoms with Gasteiger partial charge in [0.15, 0.2) is 0 Å². The molecule has 4 heteroatoms. The molecule has 2 aliphatic heterocycles. The summed E-state index contributed by atoms with van der Waals surface area (Å²) in [6.45, 7) is 17.0. The predicted octanol–water partition coefficient (Wildman–Crippen LogP) is 4.18. The van der Waals surface area contributed by atoms with Crippen molar-refractivity contribution in [1.82, 2.24) is 0 Å². The van der Waals surface area contributed by atoms with Crippen LogP contribution in [-0.4, -0.2) is 31.5 Å². The topological polar surface area (TPSA) is 27.7 Å². The van der Waals surface area contributed by atoms with Crippen LogP contribution in [0.3, 0.4) is 0 Å². The highest BCUT2D eigenvalue weighted by Gasteiger charge is 2.51. The van der Waals surface area contributed by atoms with E-state index in [2.05, 4.69) is 66.7 Å². The lowest BCUT2D eigenvalue weighted by Gasteiger charge is -2.32. The number of benzene rings is 1. The van der Waals surface area contributed by atoms with Gasteiger partial charge in [-0.15, -0.1) is 0 Å². The highest BCUT2D eigenvalue weighted by atomic mass is 16.7. The minimum Gasteiger partial charge on any atom is -0.399 e. The molecule has 25 heavy (non-hydrogen) atoms. The van der Waals surface area contributed by atoms with Gasteiger partial charge in [0.2, 0.25) is 0 Å². The van der Waals surface area contributed by atoms with Crippen molar-refractivity contribution in [2.45, 2.75) is 83.8 Å². The molecule has 3 rings (SSSR count). The van der Waals surface area contributed by atoms with Crippen LogP contribution in [0.2, 0.25) is 0 Å². The summed E-state index contributed by atoms with van der Waals surface area (Å²) in [6, 6.07) is 6.95. The van der Waals surface area contributed by atoms with Crippen molar-refractivity contribution < 1.29 is 14.0 Å². The van der Waals surface area contributed by atoms with E-state index in [4.69, 9.17) is 14.0 Å². The standard InChI is InChI=1S/C21H33BO3/c1-19(2,3)17-12-16(15-8-10-23-11-9-15)13-18(14-17)22-24-20(4,5)21(6,7)25-22/h12-15H,8-11H2,1-7H3. The molecule has 0 saturated carbocycles. The second-order valence-electron chi connectivity index (χ2n) is 9.61. The van der Waals surface area contributed by atoms with Crippen LogP contribution in [0.1, 0.15) is 78.4 Å². The van der Waals surface area contributed by atoms with Crippen molar-refractivity contribution in [3.63, 3.8) is 0 Å². The molecule has 0 atom stereocenters. The molecule has 2 fully saturated rings. The molecule has 0 unspecified atom stereocenters. The van der Waals surface area contributed by atoms with Gasteiger partial charge in [0.25, 0.3) is 0 Å². The fourth-order valence-electron chi connectivity index (χ4n) is 3.49. The van der Waals surface area contributed by atoms with E-state index in [0.717, 1.165) is 31.5 Å². The average Bonchev–Trinajstić information content (AvgIpc) is 2.75. The largest absolute Gasteiger partial charge is 0.494 e. The molecule has 0 aliphatic carbocycles. The third-order valence-corrected chi connectivity index (χ3v) is 6.06. The van der Waals surface area contributed by atoms with Gasteiger partial charge in [0.1, 0.15) is 0 Å². The highest BCUT2D eigenvalue weighted by Crippen LogP contribution is 2.37. The molecule has 0 spiro atoms. The molecule has 0 N–H and O–H groups in total. The first-order valence-electron chi connectivity index (χ1n) is 9.58. The fourth-order valence-corrected chi connectivity index (χ4v) is 3.49. The van der Waals surface area contributed by atoms with Crippen LogP contribution in [0.4, 0.5) is 0 Å². The van der Waals surface area contributed by atoms with Gasteiger partial charge in [-0.05, 0) is 68.5 Å². The molecule has 0 amide bonds. The summed E-state index contributed by atoms with van der Waals surface area (Å²) in [5, 5.41) is 0. The van der Waals surface area contributed by atoms with Crippen molar-refractivity contribution in [3.05, 3.63) is 29.3 Å². The maximum atomic E-state index is 6.31. The Morgan fingerprint density at radius 1 is 0.920 bits per heavy atom. The summed E-state index contributed by atoms with van der Waals surface area (Å²) in [7, 11) is -0.300. The van der Waals surface area contributed by atoms with Gasteiger partial charge in [-0.3, -0.25) is 0 Å². The van der Waals surface area contributed by atoms with E-state index < -0.39 is 0 Å². The Morgan fingerprint density at radius 3 is 2.00 bits per heavy atom. The maximum Gasteiger partial charge on any atom is 0.494 e. The molecule has 138 valence electrons. The summed E-state index contributed by atoms with van der Waals surface area (Å²) < 4.78 is 18.2. The molecule has 1 aromatic carbocycles. The second-order valence-corrected chi connectivity index (χ2v) is 9.61. The molecular weight excluding hydrogens is 311 g/mol. The molecule has 1 aromatic rings. The van der Waals surface area contributed by atoms with Gasteiger partial charge < -0.3 is 14.0 Å². The molecule has 3 nitrogen and oxygen atoms in total. The quantitative estimate of drug-likeness (QED) is 0.754. The fraction of sp³-hybridized carbons (Fsp3) is 0.714. The molecule has 2 aliphatic rings. The van der Waals surface area contributed by atoms with Crippen LogP contribution < -0.4 is 5.46 Å². The lowest BCUT2D eigenvalue weighted by atomic mass is 9.72. The minimum atomic E-state index is -0.311. The number of ether oxygens (including phenoxy) is 1. The lowest BCUT2D eigenvalue weighted by molar-refractivity contribution is 0.00578. The molecule has 0 bridgehead atoms. The van der Waals surface area contributed by atoms with Crippen molar-refractivity contribution in [2.24, 2.45) is 0 Å². The van der Waals surface area contributed by atoms with E-state index in [9.17, 15) is 0 Å². The smallest absolute Gasteiger partial charge is 0.399 e. The minimum absolute atomic E-state index is 0.0968. The number of hydrogen-bond acceptors (Lipinski definition) is 3. The van der Waals surface area contributed by atoms with Crippen molar-refractivity contribution in [2.75, 3.05) is 13.2 Å². The zero-order valence-electron chi connectivity index (χ0n) is 16.9. The lowest BCUT2D eigenvalue weighted by Crippen LogP contribution is -2.41. The molecule has 0 aromatic heterocycles. The Morgan fingerprint density at radius 2 is 1.48 bits per heavy atom. The van der Waals surface area contributed by atoms with Gasteiger partial charge >= 0.3 is 7.12 Å². The molecule has 2 heterocycles. The summed E-state index contributed by atoms with van der Waals surface area (Å²) >= 11 is 0. The van der Waals surface area contributed by atoms with Crippen LogP contribution in [0, 0.1) is 0 Å². The first-order chi connectivity index (χ1) is 11.5. The first-order valence-corrected chi connectivity index (χ1v) is 9.58. The Kier molecular flexibility index (Phi) is 4.85. The van der Waals surface area contributed by atoms with Gasteiger partial charge in [-0.25, -0.2) is 0 Å². The Hall–Kier alpha value is -0.835. The van der Waals surface area contributed by atoms with Gasteiger partial charge in [-0.2, -0.15) is 0 Å². The van der Waals surface area contributed by atoms with Crippen LogP contribution in [0.15, 0.2) is 18.2 Å². The van der Waals surface area contributed by atoms with Crippen molar-refractivity contribution in [3.8, 4) is 0 Å². The summed E-state index contributed by atoms with van der Waals surface area (Å²) in [5.74, 6) is 0.567. The second kappa shape index (κ2) is 6.40. The Balaban J connectivity index is 1.98. The van der Waals surface area contributed by atoms with Gasteiger partial charge in [0, 0.05) is 13.2 Å². The maximum absolute atomic E-state index is 6.31. The zero-order valence-corrected chi connectivity index (χ0v) is 16.9. The summed E-state index contributed by atoms with van der Waals surface area (Å²) in [4.78, 5) is 0. The van der Waals surface area contributed by atoms with Crippen LogP contribution in [0.5, 0.6) is 0 Å². The molecule has 0 radical (unpaired) electrons. The number of hydrogen-bond donors (Lipinski definition) is 0. The zero-order chi connectivity index (χ0) is 18.5. The van der Waals surface area contributed by atoms with E-state index in [1.54, 1.807) is 0 Å². The third-order valence-electron chi connectivity index (χ3n) is 6.06. The average molecular weight is 344 g/mol. The van der Waals surface area contributed by atoms with Crippen LogP contribution in [0.25, 0.3) is 0 Å². The summed E-state index contributed by atoms with van der Waals surface area (Å²) in [5.41, 5.74) is 3.37. The van der Waals surface area contributed by atoms with E-state index in [0.29, 0.717) is 5.92 Å². The third kappa shape index (κ3) is 3.81. The van der Waals surface area contributed by atoms with Crippen molar-refractivity contribution >= 4 is 12.6 Å². The van der Waals surface area contributed by atoms with E-state index >= 15 is 0 Å². The van der Waals surface area contributed by atoms with E-state index in [1.165, 1.54) is 11.1 Å². The van der Waals surface area contributed by atoms with E-state index in [1.807, 2.05) is 0 Å². The van der Waals surface area contributed by atoms with Crippen LogP contribution in [-0.2, 0) is 19.5 Å². The van der Waals surface area contributed by atoms with E-state index in [-0.39, 0.29) is 23.7 Å². The first kappa shape index (κ1) is 18.9. The number of rotatable bonds is 2. The summed E-state index contributed by atoms with van der Waals surface area (Å²) in [6.07, 6.45) is 2.19. The Labute approximate surface area is 153 Å². The predicted molar refractivity (Wildman–Crippen MR) is 104 cm³/mol. The van der Waals surface area contributed by atoms with Crippen molar-refractivity contribution in [1.29, 1.82) is 0 Å². The van der Waals surface area contributed by atoms with Crippen LogP contribution >= 0.6 is 0 Å². The molecule has 2 saturated heterocycles. The highest BCUT2D eigenvalue weighted by molar-refractivity contribution is 6.62. The SMILES string of the molecule is CC(C)(C)c1cc(B2OC(C)(C)C(C)(C)O2)cc(C2CCOCC2)c1. The normalized spacial score (nSPS) is 23.9. The molecular formula is C21H33BO3. The van der Waals surface area contributed by atoms with Gasteiger partial charge in [-0.1, -0.05) is 39.0 Å². The Bertz CT molecular complexity index is 609. The monoisotopic (exact) mass is 344 g/mol. The van der Waals surface area contributed by atoms with Gasteiger partial charge in [0.05, 0.1) is 11.2 Å².